The van der Waals surface area contributed by atoms with Gasteiger partial charge in [-0.1, -0.05) is 67.6 Å². The Morgan fingerprint density at radius 2 is 1.59 bits per heavy atom. The van der Waals surface area contributed by atoms with Gasteiger partial charge in [0, 0.05) is 34.7 Å². The molecule has 2 heterocycles. The number of halogens is 2. The molecule has 0 unspecified atom stereocenters. The maximum absolute atomic E-state index is 14.2. The summed E-state index contributed by atoms with van der Waals surface area (Å²) >= 11 is 0. The molecule has 5 rings (SSSR count). The lowest BCUT2D eigenvalue weighted by Gasteiger charge is -2.33. The predicted molar refractivity (Wildman–Crippen MR) is 148 cm³/mol. The highest BCUT2D eigenvalue weighted by molar-refractivity contribution is 6.12. The molecule has 3 aromatic carbocycles. The Morgan fingerprint density at radius 1 is 0.919 bits per heavy atom. The number of benzene rings is 3. The van der Waals surface area contributed by atoms with Gasteiger partial charge in [-0.25, -0.2) is 0 Å². The van der Waals surface area contributed by atoms with Crippen molar-refractivity contribution in [3.8, 4) is 0 Å². The minimum atomic E-state index is -2.53. The number of likely N-dealkylation sites (tertiary alicyclic amines) is 1. The van der Waals surface area contributed by atoms with E-state index in [1.165, 1.54) is 10.1 Å². The molecule has 0 atom stereocenters. The van der Waals surface area contributed by atoms with E-state index in [2.05, 4.69) is 36.9 Å². The van der Waals surface area contributed by atoms with Crippen LogP contribution in [0.3, 0.4) is 0 Å². The summed E-state index contributed by atoms with van der Waals surface area (Å²) in [7, 11) is 0. The first-order valence-corrected chi connectivity index (χ1v) is 13.3. The molecule has 1 aliphatic rings. The van der Waals surface area contributed by atoms with E-state index in [1.807, 2.05) is 55.5 Å². The maximum Gasteiger partial charge on any atom is 0.319 e. The molecular formula is C32H35F2N3. The molecule has 0 spiro atoms. The predicted octanol–water partition coefficient (Wildman–Crippen LogP) is 8.01. The van der Waals surface area contributed by atoms with Crippen LogP contribution >= 0.6 is 0 Å². The highest BCUT2D eigenvalue weighted by atomic mass is 19.3. The van der Waals surface area contributed by atoms with Crippen LogP contribution in [0.1, 0.15) is 71.3 Å². The lowest BCUT2D eigenvalue weighted by atomic mass is 9.89. The average molecular weight is 500 g/mol. The molecule has 37 heavy (non-hydrogen) atoms. The molecule has 1 aromatic heterocycles. The first-order valence-electron chi connectivity index (χ1n) is 13.3. The van der Waals surface area contributed by atoms with Crippen LogP contribution in [0.25, 0.3) is 10.9 Å². The van der Waals surface area contributed by atoms with Crippen molar-refractivity contribution < 1.29 is 8.78 Å². The number of aromatic nitrogens is 1. The lowest BCUT2D eigenvalue weighted by Crippen LogP contribution is -2.33. The number of hydrogen-bond donors (Lipinski definition) is 1. The Kier molecular flexibility index (Phi) is 7.25. The number of nitrogens with zero attached hydrogens (tertiary/aromatic N) is 2. The highest BCUT2D eigenvalue weighted by Crippen LogP contribution is 2.39. The maximum atomic E-state index is 14.2. The van der Waals surface area contributed by atoms with Crippen LogP contribution < -0.4 is 0 Å². The molecule has 1 N–H and O–H groups in total. The molecule has 0 saturated carbocycles. The Bertz CT molecular complexity index is 1430. The Hall–Kier alpha value is -3.31. The minimum Gasteiger partial charge on any atom is -0.300 e. The Labute approximate surface area is 218 Å². The number of piperidine rings is 1. The highest BCUT2D eigenvalue weighted by Gasteiger charge is 2.29. The van der Waals surface area contributed by atoms with Gasteiger partial charge in [0.25, 0.3) is 0 Å². The van der Waals surface area contributed by atoms with E-state index in [0.29, 0.717) is 11.2 Å². The van der Waals surface area contributed by atoms with Gasteiger partial charge in [0.05, 0.1) is 11.2 Å². The van der Waals surface area contributed by atoms with Gasteiger partial charge < -0.3 is 0 Å². The summed E-state index contributed by atoms with van der Waals surface area (Å²) in [4.78, 5) is 2.43. The minimum absolute atomic E-state index is 0.145. The van der Waals surface area contributed by atoms with Crippen molar-refractivity contribution in [2.75, 3.05) is 13.1 Å². The number of fused-ring (bicyclic) bond motifs is 1. The zero-order valence-corrected chi connectivity index (χ0v) is 21.9. The van der Waals surface area contributed by atoms with Crippen molar-refractivity contribution in [1.82, 2.24) is 9.47 Å². The van der Waals surface area contributed by atoms with Crippen LogP contribution in [0.15, 0.2) is 66.7 Å². The molecule has 1 saturated heterocycles. The first-order chi connectivity index (χ1) is 17.9. The van der Waals surface area contributed by atoms with Gasteiger partial charge >= 0.3 is 6.55 Å². The second-order valence-corrected chi connectivity index (χ2v) is 10.3. The number of para-hydroxylation sites is 1. The normalized spacial score (nSPS) is 15.1. The van der Waals surface area contributed by atoms with Gasteiger partial charge in [0.2, 0.25) is 0 Å². The summed E-state index contributed by atoms with van der Waals surface area (Å²) < 4.78 is 29.7. The van der Waals surface area contributed by atoms with Crippen molar-refractivity contribution in [3.05, 3.63) is 106 Å². The molecule has 0 bridgehead atoms. The largest absolute Gasteiger partial charge is 0.319 e. The van der Waals surface area contributed by atoms with E-state index in [4.69, 9.17) is 5.41 Å². The van der Waals surface area contributed by atoms with Crippen molar-refractivity contribution in [2.24, 2.45) is 0 Å². The Morgan fingerprint density at radius 3 is 2.27 bits per heavy atom. The zero-order valence-electron chi connectivity index (χ0n) is 21.9. The number of alkyl halides is 2. The van der Waals surface area contributed by atoms with Gasteiger partial charge in [-0.2, -0.15) is 8.78 Å². The average Bonchev–Trinajstić information content (AvgIpc) is 3.24. The quantitative estimate of drug-likeness (QED) is 0.257. The number of hydrogen-bond acceptors (Lipinski definition) is 2. The standard InChI is InChI=1S/C32H35F2N3/c1-4-25-28-11-7-8-12-29(28)37(32(33)34)31(25)24-15-17-36(18-16-24)20-23-13-14-27(22(3)19-23)30(35)26-10-6-5-9-21(26)2/h5-14,19,24,32,35H,4,15-18,20H2,1-3H3. The molecule has 4 aromatic rings. The van der Waals surface area contributed by atoms with Gasteiger partial charge in [0.1, 0.15) is 0 Å². The number of aryl methyl sites for hydroxylation is 3. The Balaban J connectivity index is 1.30. The van der Waals surface area contributed by atoms with Crippen LogP contribution in [-0.2, 0) is 13.0 Å². The van der Waals surface area contributed by atoms with Gasteiger partial charge in [0.15, 0.2) is 0 Å². The fraction of sp³-hybridized carbons (Fsp3) is 0.344. The van der Waals surface area contributed by atoms with E-state index in [0.717, 1.165) is 77.8 Å². The van der Waals surface area contributed by atoms with Crippen LogP contribution in [0.2, 0.25) is 0 Å². The van der Waals surface area contributed by atoms with Gasteiger partial charge in [-0.3, -0.25) is 14.9 Å². The van der Waals surface area contributed by atoms with E-state index in [9.17, 15) is 8.78 Å². The third kappa shape index (κ3) is 4.85. The molecule has 0 amide bonds. The van der Waals surface area contributed by atoms with E-state index < -0.39 is 6.55 Å². The number of nitrogens with one attached hydrogen (secondary N) is 1. The summed E-state index contributed by atoms with van der Waals surface area (Å²) in [5.74, 6) is 0.145. The van der Waals surface area contributed by atoms with Gasteiger partial charge in [-0.05, 0) is 74.5 Å². The lowest BCUT2D eigenvalue weighted by molar-refractivity contribution is 0.0690. The van der Waals surface area contributed by atoms with Gasteiger partial charge in [-0.15, -0.1) is 0 Å². The summed E-state index contributed by atoms with van der Waals surface area (Å²) in [6.07, 6.45) is 2.52. The molecule has 1 aliphatic heterocycles. The van der Waals surface area contributed by atoms with E-state index >= 15 is 0 Å². The molecule has 3 nitrogen and oxygen atoms in total. The molecule has 5 heteroatoms. The van der Waals surface area contributed by atoms with Crippen molar-refractivity contribution in [1.29, 1.82) is 5.41 Å². The summed E-state index contributed by atoms with van der Waals surface area (Å²) in [6, 6.07) is 22.0. The third-order valence-electron chi connectivity index (χ3n) is 7.96. The SMILES string of the molecule is CCc1c(C2CCN(Cc3ccc(C(=N)c4ccccc4C)c(C)c3)CC2)n(C(F)F)c2ccccc12. The summed E-state index contributed by atoms with van der Waals surface area (Å²) in [5.41, 5.74) is 8.50. The first kappa shape index (κ1) is 25.3. The van der Waals surface area contributed by atoms with E-state index in [1.54, 1.807) is 0 Å². The molecule has 0 radical (unpaired) electrons. The second kappa shape index (κ2) is 10.6. The monoisotopic (exact) mass is 499 g/mol. The van der Waals surface area contributed by atoms with Crippen LogP contribution in [0, 0.1) is 19.3 Å². The third-order valence-corrected chi connectivity index (χ3v) is 7.96. The van der Waals surface area contributed by atoms with Crippen LogP contribution in [0.5, 0.6) is 0 Å². The molecule has 192 valence electrons. The second-order valence-electron chi connectivity index (χ2n) is 10.3. The molecule has 1 fully saturated rings. The number of rotatable bonds is 7. The van der Waals surface area contributed by atoms with Crippen LogP contribution in [-0.4, -0.2) is 28.3 Å². The van der Waals surface area contributed by atoms with Crippen molar-refractivity contribution in [2.45, 2.75) is 59.0 Å². The molecular weight excluding hydrogens is 464 g/mol. The summed E-state index contributed by atoms with van der Waals surface area (Å²) in [6.45, 7) is 6.27. The fourth-order valence-corrected chi connectivity index (χ4v) is 6.10. The van der Waals surface area contributed by atoms with Crippen molar-refractivity contribution in [3.63, 3.8) is 0 Å². The smallest absolute Gasteiger partial charge is 0.300 e. The summed E-state index contributed by atoms with van der Waals surface area (Å²) in [5, 5.41) is 9.70. The van der Waals surface area contributed by atoms with Crippen molar-refractivity contribution >= 4 is 16.6 Å². The topological polar surface area (TPSA) is 32.0 Å². The zero-order chi connectivity index (χ0) is 26.1. The van der Waals surface area contributed by atoms with Crippen LogP contribution in [0.4, 0.5) is 8.78 Å². The van der Waals surface area contributed by atoms with E-state index in [-0.39, 0.29) is 5.92 Å². The molecule has 0 aliphatic carbocycles. The fourth-order valence-electron chi connectivity index (χ4n) is 6.10.